The van der Waals surface area contributed by atoms with Crippen LogP contribution in [0.1, 0.15) is 10.4 Å². The molecule has 0 aliphatic rings. The van der Waals surface area contributed by atoms with Crippen molar-refractivity contribution in [1.29, 1.82) is 0 Å². The van der Waals surface area contributed by atoms with E-state index in [0.29, 0.717) is 15.9 Å². The Labute approximate surface area is 138 Å². The molecule has 2 N–H and O–H groups in total. The second-order valence-corrected chi connectivity index (χ2v) is 5.30. The van der Waals surface area contributed by atoms with E-state index in [1.165, 1.54) is 12.1 Å². The first-order valence-corrected chi connectivity index (χ1v) is 7.11. The zero-order chi connectivity index (χ0) is 17.0. The number of anilines is 1. The number of benzene rings is 2. The molecule has 2 aromatic rings. The summed E-state index contributed by atoms with van der Waals surface area (Å²) >= 11 is 3.24. The molecule has 0 fully saturated rings. The van der Waals surface area contributed by atoms with E-state index in [1.807, 2.05) is 0 Å². The monoisotopic (exact) mass is 389 g/mol. The summed E-state index contributed by atoms with van der Waals surface area (Å²) in [6, 6.07) is 9.77. The maximum absolute atomic E-state index is 12.2. The Bertz CT molecular complexity index is 699. The van der Waals surface area contributed by atoms with E-state index in [1.54, 1.807) is 18.2 Å². The first-order chi connectivity index (χ1) is 10.8. The number of ether oxygens (including phenoxy) is 2. The van der Waals surface area contributed by atoms with E-state index in [9.17, 15) is 18.0 Å². The van der Waals surface area contributed by atoms with Gasteiger partial charge < -0.3 is 15.2 Å². The highest BCUT2D eigenvalue weighted by Crippen LogP contribution is 2.31. The molecule has 4 nitrogen and oxygen atoms in total. The van der Waals surface area contributed by atoms with Gasteiger partial charge in [-0.2, -0.15) is 0 Å². The van der Waals surface area contributed by atoms with Crippen molar-refractivity contribution in [2.24, 2.45) is 0 Å². The lowest BCUT2D eigenvalue weighted by Crippen LogP contribution is -2.18. The van der Waals surface area contributed by atoms with E-state index in [0.717, 1.165) is 12.1 Å². The van der Waals surface area contributed by atoms with Gasteiger partial charge in [0.15, 0.2) is 18.1 Å². The fourth-order valence-electron chi connectivity index (χ4n) is 1.77. The molecule has 0 atom stereocenters. The zero-order valence-corrected chi connectivity index (χ0v) is 13.1. The molecular weight excluding hydrogens is 379 g/mol. The molecule has 0 unspecified atom stereocenters. The van der Waals surface area contributed by atoms with Crippen LogP contribution < -0.4 is 15.2 Å². The van der Waals surface area contributed by atoms with Crippen LogP contribution in [0.25, 0.3) is 0 Å². The highest BCUT2D eigenvalue weighted by atomic mass is 79.9. The van der Waals surface area contributed by atoms with Crippen LogP contribution in [0.15, 0.2) is 46.9 Å². The Hall–Kier alpha value is -2.22. The van der Waals surface area contributed by atoms with Crippen molar-refractivity contribution < 1.29 is 27.4 Å². The molecule has 0 aliphatic carbocycles. The Balaban J connectivity index is 2.08. The van der Waals surface area contributed by atoms with Crippen LogP contribution in [-0.4, -0.2) is 18.8 Å². The molecule has 0 bridgehead atoms. The van der Waals surface area contributed by atoms with Gasteiger partial charge >= 0.3 is 6.36 Å². The van der Waals surface area contributed by atoms with Crippen molar-refractivity contribution in [2.75, 3.05) is 12.3 Å². The second kappa shape index (κ2) is 6.91. The number of ketones is 1. The maximum atomic E-state index is 12.2. The molecule has 8 heteroatoms. The van der Waals surface area contributed by atoms with Crippen LogP contribution >= 0.6 is 15.9 Å². The minimum atomic E-state index is -4.82. The summed E-state index contributed by atoms with van der Waals surface area (Å²) in [7, 11) is 0. The van der Waals surface area contributed by atoms with Crippen molar-refractivity contribution in [1.82, 2.24) is 0 Å². The third-order valence-electron chi connectivity index (χ3n) is 2.73. The van der Waals surface area contributed by atoms with Crippen molar-refractivity contribution in [2.45, 2.75) is 6.36 Å². The summed E-state index contributed by atoms with van der Waals surface area (Å²) in [5.41, 5.74) is 6.10. The Morgan fingerprint density at radius 2 is 1.87 bits per heavy atom. The third-order valence-corrected chi connectivity index (χ3v) is 3.36. The van der Waals surface area contributed by atoms with Gasteiger partial charge in [-0.3, -0.25) is 4.79 Å². The quantitative estimate of drug-likeness (QED) is 0.615. The van der Waals surface area contributed by atoms with E-state index >= 15 is 0 Å². The van der Waals surface area contributed by atoms with Crippen LogP contribution in [0.2, 0.25) is 0 Å². The molecule has 0 aliphatic heterocycles. The van der Waals surface area contributed by atoms with Crippen LogP contribution in [-0.2, 0) is 0 Å². The third kappa shape index (κ3) is 4.88. The number of hydrogen-bond donors (Lipinski definition) is 1. The SMILES string of the molecule is Nc1cccc(Br)c1OCC(=O)c1cccc(OC(F)(F)F)c1. The predicted octanol–water partition coefficient (Wildman–Crippen LogP) is 4.19. The molecule has 0 aromatic heterocycles. The van der Waals surface area contributed by atoms with Crippen LogP contribution in [0.4, 0.5) is 18.9 Å². The number of carbonyl (C=O) groups excluding carboxylic acids is 1. The fourth-order valence-corrected chi connectivity index (χ4v) is 2.26. The summed E-state index contributed by atoms with van der Waals surface area (Å²) in [5, 5.41) is 0. The van der Waals surface area contributed by atoms with Gasteiger partial charge in [0.1, 0.15) is 5.75 Å². The summed E-state index contributed by atoms with van der Waals surface area (Å²) in [4.78, 5) is 12.0. The molecule has 23 heavy (non-hydrogen) atoms. The van der Waals surface area contributed by atoms with Crippen molar-refractivity contribution >= 4 is 27.4 Å². The van der Waals surface area contributed by atoms with Crippen LogP contribution in [0, 0.1) is 0 Å². The number of halogens is 4. The Morgan fingerprint density at radius 1 is 1.17 bits per heavy atom. The molecule has 0 heterocycles. The summed E-state index contributed by atoms with van der Waals surface area (Å²) in [6.07, 6.45) is -4.82. The van der Waals surface area contributed by atoms with E-state index in [2.05, 4.69) is 20.7 Å². The number of Topliss-reactive ketones (excluding diaryl/α,β-unsaturated/α-hetero) is 1. The number of nitrogen functional groups attached to an aromatic ring is 1. The molecule has 0 saturated carbocycles. The number of carbonyl (C=O) groups is 1. The summed E-state index contributed by atoms with van der Waals surface area (Å²) < 4.78 is 46.2. The first-order valence-electron chi connectivity index (χ1n) is 6.32. The van der Waals surface area contributed by atoms with Gasteiger partial charge in [0.05, 0.1) is 10.2 Å². The number of para-hydroxylation sites is 1. The van der Waals surface area contributed by atoms with Gasteiger partial charge in [-0.1, -0.05) is 18.2 Å². The van der Waals surface area contributed by atoms with Crippen molar-refractivity contribution in [3.8, 4) is 11.5 Å². The van der Waals surface area contributed by atoms with Gasteiger partial charge in [0.2, 0.25) is 0 Å². The molecule has 0 saturated heterocycles. The first kappa shape index (κ1) is 17.1. The topological polar surface area (TPSA) is 61.5 Å². The smallest absolute Gasteiger partial charge is 0.482 e. The standard InChI is InChI=1S/C15H11BrF3NO3/c16-11-5-2-6-12(20)14(11)22-8-13(21)9-3-1-4-10(7-9)23-15(17,18)19/h1-7H,8,20H2. The molecule has 122 valence electrons. The minimum Gasteiger partial charge on any atom is -0.482 e. The highest BCUT2D eigenvalue weighted by molar-refractivity contribution is 9.10. The lowest BCUT2D eigenvalue weighted by atomic mass is 10.1. The van der Waals surface area contributed by atoms with Crippen molar-refractivity contribution in [3.05, 3.63) is 52.5 Å². The van der Waals surface area contributed by atoms with Crippen LogP contribution in [0.5, 0.6) is 11.5 Å². The van der Waals surface area contributed by atoms with Crippen LogP contribution in [0.3, 0.4) is 0 Å². The largest absolute Gasteiger partial charge is 0.573 e. The second-order valence-electron chi connectivity index (χ2n) is 4.45. The molecule has 2 rings (SSSR count). The normalized spacial score (nSPS) is 11.1. The van der Waals surface area contributed by atoms with Gasteiger partial charge in [-0.25, -0.2) is 0 Å². The number of hydrogen-bond acceptors (Lipinski definition) is 4. The zero-order valence-electron chi connectivity index (χ0n) is 11.6. The lowest BCUT2D eigenvalue weighted by Gasteiger charge is -2.11. The Morgan fingerprint density at radius 3 is 2.52 bits per heavy atom. The van der Waals surface area contributed by atoms with Gasteiger partial charge in [-0.15, -0.1) is 13.2 Å². The van der Waals surface area contributed by atoms with Gasteiger partial charge in [0.25, 0.3) is 0 Å². The van der Waals surface area contributed by atoms with E-state index in [4.69, 9.17) is 10.5 Å². The molecule has 0 spiro atoms. The fraction of sp³-hybridized carbons (Fsp3) is 0.133. The number of alkyl halides is 3. The van der Waals surface area contributed by atoms with Gasteiger partial charge in [-0.05, 0) is 40.2 Å². The molecule has 2 aromatic carbocycles. The number of nitrogens with two attached hydrogens (primary N) is 1. The molecule has 0 amide bonds. The molecular formula is C15H11BrF3NO3. The lowest BCUT2D eigenvalue weighted by molar-refractivity contribution is -0.274. The number of rotatable bonds is 5. The highest BCUT2D eigenvalue weighted by Gasteiger charge is 2.31. The average molecular weight is 390 g/mol. The van der Waals surface area contributed by atoms with Gasteiger partial charge in [0, 0.05) is 5.56 Å². The van der Waals surface area contributed by atoms with E-state index in [-0.39, 0.29) is 12.2 Å². The summed E-state index contributed by atoms with van der Waals surface area (Å²) in [5.74, 6) is -0.680. The predicted molar refractivity (Wildman–Crippen MR) is 81.5 cm³/mol. The average Bonchev–Trinajstić information content (AvgIpc) is 2.45. The molecule has 0 radical (unpaired) electrons. The summed E-state index contributed by atoms with van der Waals surface area (Å²) in [6.45, 7) is -0.373. The minimum absolute atomic E-state index is 0.0392. The Kier molecular flexibility index (Phi) is 5.15. The van der Waals surface area contributed by atoms with Crippen molar-refractivity contribution in [3.63, 3.8) is 0 Å². The van der Waals surface area contributed by atoms with E-state index < -0.39 is 17.9 Å². The maximum Gasteiger partial charge on any atom is 0.573 e.